The number of hydrogen-bond donors (Lipinski definition) is 2. The van der Waals surface area contributed by atoms with E-state index in [-0.39, 0.29) is 11.9 Å². The summed E-state index contributed by atoms with van der Waals surface area (Å²) in [6.07, 6.45) is 4.79. The van der Waals surface area contributed by atoms with E-state index >= 15 is 0 Å². The quantitative estimate of drug-likeness (QED) is 0.780. The zero-order valence-electron chi connectivity index (χ0n) is 11.7. The molecule has 0 bridgehead atoms. The molecule has 1 amide bonds. The summed E-state index contributed by atoms with van der Waals surface area (Å²) >= 11 is 0. The molecule has 2 N–H and O–H groups in total. The average Bonchev–Trinajstić information content (AvgIpc) is 2.68. The number of hydrogen-bond acceptors (Lipinski definition) is 3. The van der Waals surface area contributed by atoms with Gasteiger partial charge in [-0.25, -0.2) is 0 Å². The van der Waals surface area contributed by atoms with Crippen molar-refractivity contribution in [2.45, 2.75) is 31.8 Å². The van der Waals surface area contributed by atoms with Crippen molar-refractivity contribution >= 4 is 5.91 Å². The third kappa shape index (κ3) is 4.38. The Kier molecular flexibility index (Phi) is 5.62. The molecule has 1 aliphatic rings. The first-order chi connectivity index (χ1) is 9.79. The fourth-order valence-electron chi connectivity index (χ4n) is 2.23. The third-order valence-corrected chi connectivity index (χ3v) is 3.38. The molecular weight excluding hydrogens is 252 g/mol. The second-order valence-electron chi connectivity index (χ2n) is 4.96. The predicted molar refractivity (Wildman–Crippen MR) is 79.6 cm³/mol. The average molecular weight is 274 g/mol. The Morgan fingerprint density at radius 2 is 2.15 bits per heavy atom. The lowest BCUT2D eigenvalue weighted by Gasteiger charge is -2.15. The van der Waals surface area contributed by atoms with Gasteiger partial charge in [-0.2, -0.15) is 0 Å². The van der Waals surface area contributed by atoms with Crippen LogP contribution in [0.2, 0.25) is 0 Å². The third-order valence-electron chi connectivity index (χ3n) is 3.38. The predicted octanol–water partition coefficient (Wildman–Crippen LogP) is 2.01. The van der Waals surface area contributed by atoms with E-state index in [1.165, 1.54) is 0 Å². The molecule has 2 rings (SSSR count). The largest absolute Gasteiger partial charge is 0.490 e. The van der Waals surface area contributed by atoms with Gasteiger partial charge in [0.15, 0.2) is 0 Å². The minimum Gasteiger partial charge on any atom is -0.490 e. The van der Waals surface area contributed by atoms with Gasteiger partial charge >= 0.3 is 0 Å². The van der Waals surface area contributed by atoms with E-state index in [0.717, 1.165) is 37.1 Å². The fourth-order valence-corrected chi connectivity index (χ4v) is 2.23. The first-order valence-corrected chi connectivity index (χ1v) is 7.13. The molecule has 1 saturated heterocycles. The standard InChI is InChI=1S/C16H22N2O2/c1-2-11-20-14-8-6-13(7-9-14)12-18-15-5-3-4-10-17-16(15)19/h2,6-9,15,18H,1,3-5,10-12H2,(H,17,19). The number of benzene rings is 1. The smallest absolute Gasteiger partial charge is 0.237 e. The van der Waals surface area contributed by atoms with Crippen LogP contribution < -0.4 is 15.4 Å². The molecule has 4 nitrogen and oxygen atoms in total. The number of rotatable bonds is 6. The minimum atomic E-state index is -0.0748. The Hall–Kier alpha value is -1.81. The first kappa shape index (κ1) is 14.6. The van der Waals surface area contributed by atoms with Gasteiger partial charge in [-0.05, 0) is 37.0 Å². The SMILES string of the molecule is C=CCOc1ccc(CNC2CCCCNC2=O)cc1. The topological polar surface area (TPSA) is 50.4 Å². The van der Waals surface area contributed by atoms with Crippen molar-refractivity contribution in [1.82, 2.24) is 10.6 Å². The summed E-state index contributed by atoms with van der Waals surface area (Å²) in [6.45, 7) is 5.62. The highest BCUT2D eigenvalue weighted by atomic mass is 16.5. The van der Waals surface area contributed by atoms with Crippen LogP contribution in [0.1, 0.15) is 24.8 Å². The summed E-state index contributed by atoms with van der Waals surface area (Å²) in [4.78, 5) is 11.8. The van der Waals surface area contributed by atoms with E-state index in [1.54, 1.807) is 6.08 Å². The first-order valence-electron chi connectivity index (χ1n) is 7.13. The molecule has 0 radical (unpaired) electrons. The number of nitrogens with one attached hydrogen (secondary N) is 2. The Bertz CT molecular complexity index is 442. The van der Waals surface area contributed by atoms with Crippen LogP contribution in [0.15, 0.2) is 36.9 Å². The van der Waals surface area contributed by atoms with Gasteiger partial charge in [0.1, 0.15) is 12.4 Å². The molecule has 1 aliphatic heterocycles. The molecule has 1 unspecified atom stereocenters. The van der Waals surface area contributed by atoms with Crippen molar-refractivity contribution in [2.75, 3.05) is 13.2 Å². The highest BCUT2D eigenvalue weighted by Gasteiger charge is 2.19. The van der Waals surface area contributed by atoms with Crippen LogP contribution in [0.25, 0.3) is 0 Å². The summed E-state index contributed by atoms with van der Waals surface area (Å²) in [5.41, 5.74) is 1.15. The Balaban J connectivity index is 1.83. The zero-order valence-corrected chi connectivity index (χ0v) is 11.7. The summed E-state index contributed by atoms with van der Waals surface area (Å²) in [5.74, 6) is 0.953. The molecule has 0 saturated carbocycles. The maximum Gasteiger partial charge on any atom is 0.237 e. The van der Waals surface area contributed by atoms with Gasteiger partial charge in [0.25, 0.3) is 0 Å². The molecule has 0 aromatic heterocycles. The lowest BCUT2D eigenvalue weighted by molar-refractivity contribution is -0.122. The van der Waals surface area contributed by atoms with E-state index in [9.17, 15) is 4.79 Å². The molecule has 1 aromatic carbocycles. The molecular formula is C16H22N2O2. The summed E-state index contributed by atoms with van der Waals surface area (Å²) in [6, 6.07) is 7.83. The fraction of sp³-hybridized carbons (Fsp3) is 0.438. The number of carbonyl (C=O) groups is 1. The van der Waals surface area contributed by atoms with Crippen LogP contribution in [-0.2, 0) is 11.3 Å². The van der Waals surface area contributed by atoms with Crippen molar-refractivity contribution in [3.05, 3.63) is 42.5 Å². The maximum absolute atomic E-state index is 11.8. The molecule has 20 heavy (non-hydrogen) atoms. The van der Waals surface area contributed by atoms with Crippen LogP contribution in [-0.4, -0.2) is 25.1 Å². The highest BCUT2D eigenvalue weighted by molar-refractivity contribution is 5.81. The Morgan fingerprint density at radius 1 is 1.35 bits per heavy atom. The van der Waals surface area contributed by atoms with Crippen molar-refractivity contribution < 1.29 is 9.53 Å². The van der Waals surface area contributed by atoms with Crippen molar-refractivity contribution in [1.29, 1.82) is 0 Å². The van der Waals surface area contributed by atoms with Crippen LogP contribution in [0.4, 0.5) is 0 Å². The molecule has 108 valence electrons. The lowest BCUT2D eigenvalue weighted by Crippen LogP contribution is -2.42. The van der Waals surface area contributed by atoms with Crippen LogP contribution in [0.3, 0.4) is 0 Å². The van der Waals surface area contributed by atoms with Crippen molar-refractivity contribution in [3.63, 3.8) is 0 Å². The van der Waals surface area contributed by atoms with E-state index in [1.807, 2.05) is 24.3 Å². The van der Waals surface area contributed by atoms with Crippen molar-refractivity contribution in [2.24, 2.45) is 0 Å². The van der Waals surface area contributed by atoms with Gasteiger partial charge in [-0.3, -0.25) is 4.79 Å². The zero-order chi connectivity index (χ0) is 14.2. The maximum atomic E-state index is 11.8. The van der Waals surface area contributed by atoms with Crippen LogP contribution in [0.5, 0.6) is 5.75 Å². The van der Waals surface area contributed by atoms with Gasteiger partial charge in [-0.15, -0.1) is 0 Å². The molecule has 1 atom stereocenters. The van der Waals surface area contributed by atoms with Crippen LogP contribution >= 0.6 is 0 Å². The lowest BCUT2D eigenvalue weighted by atomic mass is 10.1. The number of carbonyl (C=O) groups excluding carboxylic acids is 1. The van der Waals surface area contributed by atoms with E-state index in [0.29, 0.717) is 13.2 Å². The van der Waals surface area contributed by atoms with Gasteiger partial charge in [0, 0.05) is 13.1 Å². The monoisotopic (exact) mass is 274 g/mol. The summed E-state index contributed by atoms with van der Waals surface area (Å²) in [5, 5.41) is 6.25. The molecule has 0 spiro atoms. The van der Waals surface area contributed by atoms with Gasteiger partial charge < -0.3 is 15.4 Å². The Labute approximate surface area is 120 Å². The van der Waals surface area contributed by atoms with E-state index in [4.69, 9.17) is 4.74 Å². The molecule has 1 aromatic rings. The second kappa shape index (κ2) is 7.70. The van der Waals surface area contributed by atoms with Crippen LogP contribution in [0, 0.1) is 0 Å². The van der Waals surface area contributed by atoms with Gasteiger partial charge in [0.2, 0.25) is 5.91 Å². The van der Waals surface area contributed by atoms with Crippen molar-refractivity contribution in [3.8, 4) is 5.75 Å². The Morgan fingerprint density at radius 3 is 2.90 bits per heavy atom. The molecule has 1 fully saturated rings. The van der Waals surface area contributed by atoms with Gasteiger partial charge in [-0.1, -0.05) is 24.8 Å². The number of amides is 1. The number of ether oxygens (including phenoxy) is 1. The van der Waals surface area contributed by atoms with E-state index in [2.05, 4.69) is 17.2 Å². The second-order valence-corrected chi connectivity index (χ2v) is 4.96. The summed E-state index contributed by atoms with van der Waals surface area (Å²) in [7, 11) is 0. The molecule has 1 heterocycles. The van der Waals surface area contributed by atoms with Gasteiger partial charge in [0.05, 0.1) is 6.04 Å². The van der Waals surface area contributed by atoms with E-state index < -0.39 is 0 Å². The minimum absolute atomic E-state index is 0.0748. The normalized spacial score (nSPS) is 19.0. The molecule has 0 aliphatic carbocycles. The molecule has 4 heteroatoms. The summed E-state index contributed by atoms with van der Waals surface area (Å²) < 4.78 is 5.44. The highest BCUT2D eigenvalue weighted by Crippen LogP contribution is 2.13.